The lowest BCUT2D eigenvalue weighted by atomic mass is 10.2. The van der Waals surface area contributed by atoms with Crippen LogP contribution in [0.15, 0.2) is 24.3 Å². The van der Waals surface area contributed by atoms with E-state index in [1.165, 1.54) is 11.8 Å². The first-order valence-electron chi connectivity index (χ1n) is 7.38. The fraction of sp³-hybridized carbons (Fsp3) is 0.688. The summed E-state index contributed by atoms with van der Waals surface area (Å²) in [5.74, 6) is 0.682. The Morgan fingerprint density at radius 2 is 1.90 bits per heavy atom. The number of aliphatic hydroxyl groups is 1. The molecule has 5 heteroatoms. The highest BCUT2D eigenvalue weighted by Gasteiger charge is 2.42. The summed E-state index contributed by atoms with van der Waals surface area (Å²) in [6.07, 6.45) is 5.35. The van der Waals surface area contributed by atoms with E-state index in [9.17, 15) is 9.90 Å². The minimum absolute atomic E-state index is 0.00479. The molecule has 0 bridgehead atoms. The Hall–Kier alpha value is -0.363. The average molecular weight is 331 g/mol. The largest absolute Gasteiger partial charge is 0.403 e. The number of hydrogen-bond acceptors (Lipinski definition) is 4. The van der Waals surface area contributed by atoms with Crippen molar-refractivity contribution in [3.05, 3.63) is 24.3 Å². The van der Waals surface area contributed by atoms with Crippen LogP contribution in [0.5, 0.6) is 0 Å². The van der Waals surface area contributed by atoms with Gasteiger partial charge in [-0.05, 0) is 30.8 Å². The van der Waals surface area contributed by atoms with Crippen LogP contribution < -0.4 is 0 Å². The fourth-order valence-corrected chi connectivity index (χ4v) is 3.32. The Labute approximate surface area is 135 Å². The smallest absolute Gasteiger partial charge is 0.219 e. The van der Waals surface area contributed by atoms with Crippen molar-refractivity contribution in [3.8, 4) is 0 Å². The second-order valence-corrected chi connectivity index (χ2v) is 12.5. The number of thioether (sulfide) groups is 1. The normalized spacial score (nSPS) is 16.6. The van der Waals surface area contributed by atoms with Crippen LogP contribution in [-0.4, -0.2) is 36.5 Å². The Morgan fingerprint density at radius 1 is 1.33 bits per heavy atom. The van der Waals surface area contributed by atoms with E-state index < -0.39 is 20.5 Å². The molecule has 122 valence electrons. The van der Waals surface area contributed by atoms with Crippen LogP contribution in [-0.2, 0) is 9.22 Å². The maximum atomic E-state index is 12.3. The van der Waals surface area contributed by atoms with E-state index in [0.717, 1.165) is 0 Å². The van der Waals surface area contributed by atoms with Crippen molar-refractivity contribution in [2.45, 2.75) is 65.0 Å². The molecule has 0 aliphatic carbocycles. The molecule has 0 spiro atoms. The molecule has 0 saturated heterocycles. The summed E-state index contributed by atoms with van der Waals surface area (Å²) in [5, 5.41) is 10.2. The van der Waals surface area contributed by atoms with Gasteiger partial charge in [0.05, 0.1) is 0 Å². The molecule has 21 heavy (non-hydrogen) atoms. The molecule has 0 aromatic heterocycles. The molecule has 3 nitrogen and oxygen atoms in total. The highest BCUT2D eigenvalue weighted by atomic mass is 32.2. The summed E-state index contributed by atoms with van der Waals surface area (Å²) in [4.78, 5) is 12.3. The molecular weight excluding hydrogens is 300 g/mol. The van der Waals surface area contributed by atoms with Gasteiger partial charge >= 0.3 is 0 Å². The molecule has 2 atom stereocenters. The van der Waals surface area contributed by atoms with Gasteiger partial charge in [-0.15, -0.1) is 0 Å². The van der Waals surface area contributed by atoms with Gasteiger partial charge in [0.15, 0.2) is 8.32 Å². The van der Waals surface area contributed by atoms with Crippen LogP contribution in [0, 0.1) is 0 Å². The van der Waals surface area contributed by atoms with Gasteiger partial charge in [0.2, 0.25) is 5.12 Å². The van der Waals surface area contributed by atoms with Crippen LogP contribution in [0.3, 0.4) is 0 Å². The summed E-state index contributed by atoms with van der Waals surface area (Å²) in [5.41, 5.74) is 0. The number of allylic oxidation sites excluding steroid dienone is 3. The van der Waals surface area contributed by atoms with Gasteiger partial charge in [-0.2, -0.15) is 0 Å². The number of aliphatic hydroxyl groups excluding tert-OH is 1. The third-order valence-corrected chi connectivity index (χ3v) is 8.93. The number of hydrogen-bond donors (Lipinski definition) is 1. The molecular formula is C16H30O3SSi. The predicted octanol–water partition coefficient (Wildman–Crippen LogP) is 4.15. The molecule has 0 unspecified atom stereocenters. The van der Waals surface area contributed by atoms with Gasteiger partial charge < -0.3 is 9.53 Å². The van der Waals surface area contributed by atoms with Gasteiger partial charge in [0, 0.05) is 0 Å². The Kier molecular flexibility index (Phi) is 8.78. The van der Waals surface area contributed by atoms with E-state index >= 15 is 0 Å². The number of carbonyl (C=O) groups excluding carboxylic acids is 1. The first-order chi connectivity index (χ1) is 9.56. The SMILES string of the molecule is C/C=C/C=C/[C@H](O)[C@@H](O[Si](C)(C)C(C)(C)C)C(=O)SCC. The van der Waals surface area contributed by atoms with Crippen LogP contribution in [0.1, 0.15) is 34.6 Å². The molecule has 0 aromatic carbocycles. The zero-order chi connectivity index (χ0) is 16.7. The number of carbonyl (C=O) groups is 1. The van der Waals surface area contributed by atoms with Crippen molar-refractivity contribution in [2.24, 2.45) is 0 Å². The van der Waals surface area contributed by atoms with Crippen molar-refractivity contribution < 1.29 is 14.3 Å². The highest BCUT2D eigenvalue weighted by molar-refractivity contribution is 8.13. The van der Waals surface area contributed by atoms with E-state index in [4.69, 9.17) is 4.43 Å². The average Bonchev–Trinajstić information content (AvgIpc) is 2.35. The molecule has 0 amide bonds. The monoisotopic (exact) mass is 330 g/mol. The minimum Gasteiger partial charge on any atom is -0.403 e. The molecule has 0 rings (SSSR count). The summed E-state index contributed by atoms with van der Waals surface area (Å²) in [6.45, 7) is 14.4. The maximum absolute atomic E-state index is 12.3. The zero-order valence-corrected chi connectivity index (χ0v) is 16.2. The number of rotatable bonds is 7. The Morgan fingerprint density at radius 3 is 2.33 bits per heavy atom. The summed E-state index contributed by atoms with van der Waals surface area (Å²) >= 11 is 1.20. The highest BCUT2D eigenvalue weighted by Crippen LogP contribution is 2.38. The first-order valence-corrected chi connectivity index (χ1v) is 11.3. The summed E-state index contributed by atoms with van der Waals surface area (Å²) < 4.78 is 6.15. The molecule has 0 saturated carbocycles. The third-order valence-electron chi connectivity index (χ3n) is 3.67. The van der Waals surface area contributed by atoms with Gasteiger partial charge in [-0.25, -0.2) is 0 Å². The fourth-order valence-electron chi connectivity index (χ4n) is 1.37. The van der Waals surface area contributed by atoms with E-state index in [-0.39, 0.29) is 10.2 Å². The molecule has 0 aliphatic heterocycles. The van der Waals surface area contributed by atoms with Gasteiger partial charge in [0.1, 0.15) is 12.2 Å². The standard InChI is InChI=1S/C16H30O3SSi/c1-8-10-11-12-13(17)14(15(18)20-9-2)19-21(6,7)16(3,4)5/h8,10-14,17H,9H2,1-7H3/b10-8+,12-11+/t13-,14+/m0/s1. The van der Waals surface area contributed by atoms with Crippen molar-refractivity contribution >= 4 is 25.2 Å². The van der Waals surface area contributed by atoms with E-state index in [1.54, 1.807) is 12.2 Å². The van der Waals surface area contributed by atoms with E-state index in [1.807, 2.05) is 26.0 Å². The van der Waals surface area contributed by atoms with Gasteiger partial charge in [-0.3, -0.25) is 4.79 Å². The van der Waals surface area contributed by atoms with Crippen LogP contribution >= 0.6 is 11.8 Å². The van der Waals surface area contributed by atoms with Gasteiger partial charge in [0.25, 0.3) is 0 Å². The maximum Gasteiger partial charge on any atom is 0.219 e. The predicted molar refractivity (Wildman–Crippen MR) is 95.2 cm³/mol. The molecule has 0 aromatic rings. The van der Waals surface area contributed by atoms with Crippen molar-refractivity contribution in [2.75, 3.05) is 5.75 Å². The van der Waals surface area contributed by atoms with Crippen LogP contribution in [0.25, 0.3) is 0 Å². The van der Waals surface area contributed by atoms with Crippen LogP contribution in [0.2, 0.25) is 18.1 Å². The molecule has 0 fully saturated rings. The lowest BCUT2D eigenvalue weighted by Crippen LogP contribution is -2.49. The quantitative estimate of drug-likeness (QED) is 0.563. The minimum atomic E-state index is -2.12. The second-order valence-electron chi connectivity index (χ2n) is 6.45. The summed E-state index contributed by atoms with van der Waals surface area (Å²) in [7, 11) is -2.12. The van der Waals surface area contributed by atoms with Crippen molar-refractivity contribution in [3.63, 3.8) is 0 Å². The van der Waals surface area contributed by atoms with Crippen molar-refractivity contribution in [1.82, 2.24) is 0 Å². The lowest BCUT2D eigenvalue weighted by molar-refractivity contribution is -0.121. The first kappa shape index (κ1) is 20.6. The zero-order valence-electron chi connectivity index (χ0n) is 14.3. The molecule has 0 heterocycles. The molecule has 0 aliphatic rings. The third kappa shape index (κ3) is 6.95. The Bertz CT molecular complexity index is 383. The molecule has 0 radical (unpaired) electrons. The van der Waals surface area contributed by atoms with E-state index in [0.29, 0.717) is 5.75 Å². The second kappa shape index (κ2) is 8.93. The Balaban J connectivity index is 5.20. The summed E-state index contributed by atoms with van der Waals surface area (Å²) in [6, 6.07) is 0. The topological polar surface area (TPSA) is 46.5 Å². The van der Waals surface area contributed by atoms with E-state index in [2.05, 4.69) is 33.9 Å². The lowest BCUT2D eigenvalue weighted by Gasteiger charge is -2.39. The van der Waals surface area contributed by atoms with Crippen LogP contribution in [0.4, 0.5) is 0 Å². The van der Waals surface area contributed by atoms with Crippen molar-refractivity contribution in [1.29, 1.82) is 0 Å². The molecule has 1 N–H and O–H groups in total. The van der Waals surface area contributed by atoms with Gasteiger partial charge in [-0.1, -0.05) is 63.8 Å².